The van der Waals surface area contributed by atoms with Crippen LogP contribution in [0.5, 0.6) is 0 Å². The Hall–Kier alpha value is -4.35. The Morgan fingerprint density at radius 2 is 1.26 bits per heavy atom. The minimum absolute atomic E-state index is 0.191. The first-order chi connectivity index (χ1) is 22.1. The van der Waals surface area contributed by atoms with Crippen LogP contribution in [0.3, 0.4) is 0 Å². The van der Waals surface area contributed by atoms with E-state index in [0.717, 1.165) is 35.4 Å². The number of likely N-dealkylation sites (tertiary alicyclic amines) is 1. The minimum atomic E-state index is -4.58. The molecular weight excluding hydrogens is 615 g/mol. The average Bonchev–Trinajstić information content (AvgIpc) is 3.06. The van der Waals surface area contributed by atoms with Crippen LogP contribution in [-0.4, -0.2) is 56.6 Å². The summed E-state index contributed by atoms with van der Waals surface area (Å²) in [6.45, 7) is 2.65. The lowest BCUT2D eigenvalue weighted by atomic mass is 10.0. The number of ether oxygens (including phenoxy) is 1. The van der Waals surface area contributed by atoms with Crippen LogP contribution in [-0.2, 0) is 34.0 Å². The van der Waals surface area contributed by atoms with Crippen molar-refractivity contribution in [2.75, 3.05) is 30.5 Å². The maximum Gasteiger partial charge on any atom is 0.416 e. The van der Waals surface area contributed by atoms with Gasteiger partial charge in [0.25, 0.3) is 10.0 Å². The highest BCUT2D eigenvalue weighted by Gasteiger charge is 2.36. The quantitative estimate of drug-likeness (QED) is 0.172. The molecule has 0 bridgehead atoms. The lowest BCUT2D eigenvalue weighted by Crippen LogP contribution is -2.49. The maximum absolute atomic E-state index is 13.8. The number of rotatable bonds is 11. The summed E-state index contributed by atoms with van der Waals surface area (Å²) in [5.74, 6) is 0. The molecular formula is C35H36F3N3O4S. The number of piperidine rings is 1. The first kappa shape index (κ1) is 33.0. The van der Waals surface area contributed by atoms with E-state index in [1.165, 1.54) is 4.31 Å². The molecule has 4 aromatic carbocycles. The third-order valence-electron chi connectivity index (χ3n) is 7.93. The van der Waals surface area contributed by atoms with Gasteiger partial charge >= 0.3 is 12.3 Å². The number of para-hydroxylation sites is 1. The number of anilines is 1. The molecule has 1 aliphatic heterocycles. The molecule has 1 saturated heterocycles. The number of amides is 1. The predicted molar refractivity (Wildman–Crippen MR) is 170 cm³/mol. The van der Waals surface area contributed by atoms with Crippen molar-refractivity contribution in [3.8, 4) is 0 Å². The number of nitrogens with zero attached hydrogens (tertiary/aromatic N) is 3. The molecule has 0 saturated carbocycles. The van der Waals surface area contributed by atoms with Gasteiger partial charge in [0.05, 0.1) is 16.1 Å². The SMILES string of the molecule is O=C(OCCN(Cc1ccccc1)Cc1ccccc1)N1CCC(N(c2ccccc2)S(=O)(=O)c2ccc(C(F)(F)F)cc2)CC1. The van der Waals surface area contributed by atoms with Gasteiger partial charge in [0.2, 0.25) is 0 Å². The third kappa shape index (κ3) is 8.46. The van der Waals surface area contributed by atoms with Crippen molar-refractivity contribution in [1.82, 2.24) is 9.80 Å². The number of halogens is 3. The fourth-order valence-corrected chi connectivity index (χ4v) is 7.29. The van der Waals surface area contributed by atoms with Gasteiger partial charge in [0.15, 0.2) is 0 Å². The van der Waals surface area contributed by atoms with Crippen LogP contribution in [0.1, 0.15) is 29.5 Å². The second-order valence-electron chi connectivity index (χ2n) is 11.2. The zero-order valence-electron chi connectivity index (χ0n) is 25.2. The maximum atomic E-state index is 13.8. The first-order valence-electron chi connectivity index (χ1n) is 15.1. The fourth-order valence-electron chi connectivity index (χ4n) is 5.58. The van der Waals surface area contributed by atoms with E-state index in [-0.39, 0.29) is 24.6 Å². The van der Waals surface area contributed by atoms with Gasteiger partial charge in [-0.15, -0.1) is 0 Å². The van der Waals surface area contributed by atoms with Crippen LogP contribution in [0.4, 0.5) is 23.7 Å². The van der Waals surface area contributed by atoms with Gasteiger partial charge in [-0.2, -0.15) is 13.2 Å². The number of carbonyl (C=O) groups excluding carboxylic acids is 1. The van der Waals surface area contributed by atoms with Gasteiger partial charge in [-0.05, 0) is 60.4 Å². The summed E-state index contributed by atoms with van der Waals surface area (Å²) in [5.41, 5.74) is 1.79. The zero-order chi connectivity index (χ0) is 32.6. The summed E-state index contributed by atoms with van der Waals surface area (Å²) in [5, 5.41) is 0. The molecule has 0 aromatic heterocycles. The van der Waals surface area contributed by atoms with Crippen molar-refractivity contribution in [1.29, 1.82) is 0 Å². The van der Waals surface area contributed by atoms with Gasteiger partial charge in [0, 0.05) is 38.8 Å². The van der Waals surface area contributed by atoms with Crippen LogP contribution >= 0.6 is 0 Å². The van der Waals surface area contributed by atoms with Crippen LogP contribution in [0.15, 0.2) is 120 Å². The zero-order valence-corrected chi connectivity index (χ0v) is 26.0. The number of benzene rings is 4. The molecule has 242 valence electrons. The Balaban J connectivity index is 1.21. The van der Waals surface area contributed by atoms with E-state index in [2.05, 4.69) is 29.2 Å². The summed E-state index contributed by atoms with van der Waals surface area (Å²) < 4.78 is 73.9. The Bertz CT molecular complexity index is 1610. The molecule has 46 heavy (non-hydrogen) atoms. The summed E-state index contributed by atoms with van der Waals surface area (Å²) in [4.78, 5) is 16.6. The molecule has 1 fully saturated rings. The second-order valence-corrected chi connectivity index (χ2v) is 13.0. The van der Waals surface area contributed by atoms with Gasteiger partial charge in [-0.25, -0.2) is 13.2 Å². The Kier molecular flexibility index (Phi) is 10.6. The summed E-state index contributed by atoms with van der Waals surface area (Å²) in [7, 11) is -4.20. The van der Waals surface area contributed by atoms with Crippen LogP contribution in [0.25, 0.3) is 0 Å². The van der Waals surface area contributed by atoms with E-state index < -0.39 is 33.9 Å². The molecule has 0 aliphatic carbocycles. The highest BCUT2D eigenvalue weighted by Crippen LogP contribution is 2.33. The second kappa shape index (κ2) is 14.8. The van der Waals surface area contributed by atoms with Crippen molar-refractivity contribution in [2.24, 2.45) is 0 Å². The number of hydrogen-bond acceptors (Lipinski definition) is 5. The molecule has 11 heteroatoms. The number of carbonyl (C=O) groups is 1. The lowest BCUT2D eigenvalue weighted by molar-refractivity contribution is -0.137. The standard InChI is InChI=1S/C35H36F3N3O4S/c36-35(37,38)30-16-18-33(19-17-30)46(43,44)41(31-14-8-3-9-15-31)32-20-22-40(23-21-32)34(42)45-25-24-39(26-28-10-4-1-5-11-28)27-29-12-6-2-7-13-29/h1-19,32H,20-27H2. The topological polar surface area (TPSA) is 70.2 Å². The van der Waals surface area contributed by atoms with E-state index in [4.69, 9.17) is 4.74 Å². The van der Waals surface area contributed by atoms with Gasteiger partial charge in [0.1, 0.15) is 6.61 Å². The van der Waals surface area contributed by atoms with Crippen LogP contribution in [0, 0.1) is 0 Å². The summed E-state index contributed by atoms with van der Waals surface area (Å²) >= 11 is 0. The largest absolute Gasteiger partial charge is 0.448 e. The Labute approximate surface area is 267 Å². The molecule has 0 unspecified atom stereocenters. The van der Waals surface area contributed by atoms with Crippen molar-refractivity contribution < 1.29 is 31.1 Å². The van der Waals surface area contributed by atoms with E-state index in [0.29, 0.717) is 38.2 Å². The lowest BCUT2D eigenvalue weighted by Gasteiger charge is -2.38. The van der Waals surface area contributed by atoms with E-state index in [9.17, 15) is 26.4 Å². The number of hydrogen-bond donors (Lipinski definition) is 0. The molecule has 0 atom stereocenters. The monoisotopic (exact) mass is 651 g/mol. The van der Waals surface area contributed by atoms with Gasteiger partial charge in [-0.1, -0.05) is 78.9 Å². The smallest absolute Gasteiger partial charge is 0.416 e. The summed E-state index contributed by atoms with van der Waals surface area (Å²) in [6, 6.07) is 31.6. The average molecular weight is 652 g/mol. The van der Waals surface area contributed by atoms with Crippen molar-refractivity contribution in [3.63, 3.8) is 0 Å². The predicted octanol–water partition coefficient (Wildman–Crippen LogP) is 7.20. The normalized spacial score (nSPS) is 14.3. The van der Waals surface area contributed by atoms with Gasteiger partial charge in [-0.3, -0.25) is 9.21 Å². The Morgan fingerprint density at radius 3 is 1.76 bits per heavy atom. The van der Waals surface area contributed by atoms with E-state index >= 15 is 0 Å². The molecule has 1 amide bonds. The molecule has 5 rings (SSSR count). The highest BCUT2D eigenvalue weighted by molar-refractivity contribution is 7.92. The molecule has 7 nitrogen and oxygen atoms in total. The summed E-state index contributed by atoms with van der Waals surface area (Å²) in [6.07, 6.45) is -4.38. The molecule has 0 spiro atoms. The molecule has 1 aliphatic rings. The van der Waals surface area contributed by atoms with Gasteiger partial charge < -0.3 is 9.64 Å². The minimum Gasteiger partial charge on any atom is -0.448 e. The van der Waals surface area contributed by atoms with Crippen LogP contribution < -0.4 is 4.31 Å². The van der Waals surface area contributed by atoms with Crippen molar-refractivity contribution >= 4 is 21.8 Å². The number of sulfonamides is 1. The van der Waals surface area contributed by atoms with E-state index in [1.54, 1.807) is 35.2 Å². The first-order valence-corrected chi connectivity index (χ1v) is 16.5. The molecule has 0 radical (unpaired) electrons. The van der Waals surface area contributed by atoms with E-state index in [1.807, 2.05) is 36.4 Å². The van der Waals surface area contributed by atoms with Crippen LogP contribution in [0.2, 0.25) is 0 Å². The molecule has 1 heterocycles. The fraction of sp³-hybridized carbons (Fsp3) is 0.286. The Morgan fingerprint density at radius 1 is 0.761 bits per heavy atom. The highest BCUT2D eigenvalue weighted by atomic mass is 32.2. The molecule has 4 aromatic rings. The van der Waals surface area contributed by atoms with Crippen molar-refractivity contribution in [2.45, 2.75) is 43.0 Å². The third-order valence-corrected chi connectivity index (χ3v) is 9.83. The van der Waals surface area contributed by atoms with Crippen molar-refractivity contribution in [3.05, 3.63) is 132 Å². The number of alkyl halides is 3. The molecule has 0 N–H and O–H groups in total.